The van der Waals surface area contributed by atoms with E-state index in [1.807, 2.05) is 6.07 Å². The van der Waals surface area contributed by atoms with Gasteiger partial charge in [0.15, 0.2) is 5.69 Å². The van der Waals surface area contributed by atoms with Crippen molar-refractivity contribution in [3.8, 4) is 11.8 Å². The number of benzene rings is 1. The standard InChI is InChI=1S/C14H11BrN4O4/c1-7-3-9(15)11(19(21)22)4-10(7)18-6-8(5-16)12(17)13(18)14(20)23-2/h3-4,6H,17H2,1-2H3. The van der Waals surface area contributed by atoms with Crippen LogP contribution >= 0.6 is 15.9 Å². The van der Waals surface area contributed by atoms with E-state index in [-0.39, 0.29) is 22.6 Å². The maximum Gasteiger partial charge on any atom is 0.357 e. The molecule has 0 aliphatic carbocycles. The van der Waals surface area contributed by atoms with Crippen molar-refractivity contribution in [2.75, 3.05) is 12.8 Å². The van der Waals surface area contributed by atoms with E-state index < -0.39 is 10.9 Å². The molecule has 1 heterocycles. The Hall–Kier alpha value is -2.86. The van der Waals surface area contributed by atoms with Gasteiger partial charge in [0.25, 0.3) is 5.69 Å². The van der Waals surface area contributed by atoms with Crippen LogP contribution in [0, 0.1) is 28.4 Å². The number of halogens is 1. The molecule has 2 rings (SSSR count). The number of nitrogens with zero attached hydrogens (tertiary/aromatic N) is 3. The summed E-state index contributed by atoms with van der Waals surface area (Å²) in [5.74, 6) is -0.742. The van der Waals surface area contributed by atoms with Crippen molar-refractivity contribution >= 4 is 33.3 Å². The van der Waals surface area contributed by atoms with Crippen molar-refractivity contribution in [1.82, 2.24) is 4.57 Å². The molecule has 8 nitrogen and oxygen atoms in total. The Balaban J connectivity index is 2.82. The first-order valence-corrected chi connectivity index (χ1v) is 7.05. The first kappa shape index (κ1) is 16.5. The molecule has 0 amide bonds. The third-order valence-corrected chi connectivity index (χ3v) is 3.90. The van der Waals surface area contributed by atoms with Crippen molar-refractivity contribution in [1.29, 1.82) is 5.26 Å². The average molecular weight is 379 g/mol. The Bertz CT molecular complexity index is 867. The van der Waals surface area contributed by atoms with Gasteiger partial charge < -0.3 is 15.0 Å². The average Bonchev–Trinajstić information content (AvgIpc) is 2.82. The number of nitrogen functional groups attached to an aromatic ring is 1. The Morgan fingerprint density at radius 1 is 1.52 bits per heavy atom. The Labute approximate surface area is 139 Å². The lowest BCUT2D eigenvalue weighted by Crippen LogP contribution is -2.12. The van der Waals surface area contributed by atoms with E-state index >= 15 is 0 Å². The summed E-state index contributed by atoms with van der Waals surface area (Å²) in [5, 5.41) is 20.2. The molecular weight excluding hydrogens is 368 g/mol. The van der Waals surface area contributed by atoms with Gasteiger partial charge in [-0.3, -0.25) is 10.1 Å². The molecule has 0 atom stereocenters. The molecule has 0 unspecified atom stereocenters. The minimum absolute atomic E-state index is 0.0377. The van der Waals surface area contributed by atoms with E-state index in [4.69, 9.17) is 11.0 Å². The number of aromatic nitrogens is 1. The van der Waals surface area contributed by atoms with Gasteiger partial charge in [-0.2, -0.15) is 5.26 Å². The van der Waals surface area contributed by atoms with Gasteiger partial charge in [0.05, 0.1) is 33.4 Å². The number of nitriles is 1. The zero-order valence-electron chi connectivity index (χ0n) is 12.2. The molecule has 1 aromatic heterocycles. The van der Waals surface area contributed by atoms with Crippen LogP contribution in [0.4, 0.5) is 11.4 Å². The largest absolute Gasteiger partial charge is 0.464 e. The smallest absolute Gasteiger partial charge is 0.357 e. The summed E-state index contributed by atoms with van der Waals surface area (Å²) in [6.45, 7) is 1.72. The van der Waals surface area contributed by atoms with Crippen LogP contribution < -0.4 is 5.73 Å². The topological polar surface area (TPSA) is 124 Å². The number of rotatable bonds is 3. The van der Waals surface area contributed by atoms with Gasteiger partial charge >= 0.3 is 5.97 Å². The fourth-order valence-corrected chi connectivity index (χ4v) is 2.76. The van der Waals surface area contributed by atoms with Crippen molar-refractivity contribution in [3.05, 3.63) is 49.7 Å². The van der Waals surface area contributed by atoms with Gasteiger partial charge in [-0.05, 0) is 34.5 Å². The third-order valence-electron chi connectivity index (χ3n) is 3.27. The van der Waals surface area contributed by atoms with E-state index in [9.17, 15) is 14.9 Å². The molecular formula is C14H11BrN4O4. The van der Waals surface area contributed by atoms with Gasteiger partial charge in [-0.15, -0.1) is 0 Å². The van der Waals surface area contributed by atoms with Crippen LogP contribution in [0.1, 0.15) is 21.6 Å². The lowest BCUT2D eigenvalue weighted by atomic mass is 10.1. The molecule has 0 fully saturated rings. The molecule has 0 aliphatic heterocycles. The number of carbonyl (C=O) groups excluding carboxylic acids is 1. The zero-order chi connectivity index (χ0) is 17.3. The molecule has 0 radical (unpaired) electrons. The molecule has 23 heavy (non-hydrogen) atoms. The SMILES string of the molecule is COC(=O)c1c(N)c(C#N)cn1-c1cc([N+](=O)[O-])c(Br)cc1C. The number of anilines is 1. The number of nitro benzene ring substituents is 1. The second-order valence-corrected chi connectivity index (χ2v) is 5.48. The molecule has 0 aliphatic rings. The van der Waals surface area contributed by atoms with Crippen LogP contribution in [0.5, 0.6) is 0 Å². The van der Waals surface area contributed by atoms with Crippen molar-refractivity contribution in [2.24, 2.45) is 0 Å². The Morgan fingerprint density at radius 3 is 2.70 bits per heavy atom. The molecule has 118 valence electrons. The summed E-state index contributed by atoms with van der Waals surface area (Å²) < 4.78 is 6.32. The zero-order valence-corrected chi connectivity index (χ0v) is 13.7. The van der Waals surface area contributed by atoms with Crippen LogP contribution in [0.3, 0.4) is 0 Å². The van der Waals surface area contributed by atoms with Gasteiger partial charge in [0.1, 0.15) is 6.07 Å². The highest BCUT2D eigenvalue weighted by molar-refractivity contribution is 9.10. The third kappa shape index (κ3) is 2.76. The van der Waals surface area contributed by atoms with Gasteiger partial charge in [-0.1, -0.05) is 0 Å². The predicted molar refractivity (Wildman–Crippen MR) is 85.3 cm³/mol. The normalized spacial score (nSPS) is 10.2. The molecule has 1 aromatic carbocycles. The highest BCUT2D eigenvalue weighted by Crippen LogP contribution is 2.33. The number of hydrogen-bond acceptors (Lipinski definition) is 6. The minimum atomic E-state index is -0.742. The molecule has 2 N–H and O–H groups in total. The number of nitrogens with two attached hydrogens (primary N) is 1. The van der Waals surface area contributed by atoms with Crippen molar-refractivity contribution < 1.29 is 14.5 Å². The fraction of sp³-hybridized carbons (Fsp3) is 0.143. The molecule has 0 saturated heterocycles. The van der Waals surface area contributed by atoms with E-state index in [1.54, 1.807) is 13.0 Å². The number of methoxy groups -OCH3 is 1. The van der Waals surface area contributed by atoms with Gasteiger partial charge in [-0.25, -0.2) is 4.79 Å². The first-order chi connectivity index (χ1) is 10.8. The number of hydrogen-bond donors (Lipinski definition) is 1. The highest BCUT2D eigenvalue weighted by atomic mass is 79.9. The molecule has 9 heteroatoms. The summed E-state index contributed by atoms with van der Waals surface area (Å²) in [7, 11) is 1.18. The summed E-state index contributed by atoms with van der Waals surface area (Å²) in [6, 6.07) is 4.73. The van der Waals surface area contributed by atoms with Gasteiger partial charge in [0.2, 0.25) is 0 Å². The summed E-state index contributed by atoms with van der Waals surface area (Å²) in [4.78, 5) is 22.5. The minimum Gasteiger partial charge on any atom is -0.464 e. The van der Waals surface area contributed by atoms with E-state index in [2.05, 4.69) is 20.7 Å². The van der Waals surface area contributed by atoms with Crippen LogP contribution in [0.2, 0.25) is 0 Å². The second-order valence-electron chi connectivity index (χ2n) is 4.63. The quantitative estimate of drug-likeness (QED) is 0.497. The maximum atomic E-state index is 12.0. The van der Waals surface area contributed by atoms with Crippen LogP contribution in [-0.2, 0) is 4.74 Å². The van der Waals surface area contributed by atoms with Crippen molar-refractivity contribution in [2.45, 2.75) is 6.92 Å². The lowest BCUT2D eigenvalue weighted by molar-refractivity contribution is -0.385. The lowest BCUT2D eigenvalue weighted by Gasteiger charge is -2.12. The number of aryl methyl sites for hydroxylation is 1. The summed E-state index contributed by atoms with van der Waals surface area (Å²) in [6.07, 6.45) is 1.35. The van der Waals surface area contributed by atoms with Gasteiger partial charge in [0, 0.05) is 12.3 Å². The van der Waals surface area contributed by atoms with E-state index in [1.165, 1.54) is 23.9 Å². The Morgan fingerprint density at radius 2 is 2.17 bits per heavy atom. The molecule has 2 aromatic rings. The van der Waals surface area contributed by atoms with E-state index in [0.717, 1.165) is 0 Å². The fourth-order valence-electron chi connectivity index (χ4n) is 2.15. The van der Waals surface area contributed by atoms with Crippen LogP contribution in [0.15, 0.2) is 22.8 Å². The Kier molecular flexibility index (Phi) is 4.38. The van der Waals surface area contributed by atoms with Crippen LogP contribution in [-0.4, -0.2) is 22.6 Å². The first-order valence-electron chi connectivity index (χ1n) is 6.26. The van der Waals surface area contributed by atoms with Crippen molar-refractivity contribution in [3.63, 3.8) is 0 Å². The summed E-state index contributed by atoms with van der Waals surface area (Å²) >= 11 is 3.13. The van der Waals surface area contributed by atoms with Crippen LogP contribution in [0.25, 0.3) is 5.69 Å². The maximum absolute atomic E-state index is 12.0. The monoisotopic (exact) mass is 378 g/mol. The summed E-state index contributed by atoms with van der Waals surface area (Å²) in [5.41, 5.74) is 6.64. The highest BCUT2D eigenvalue weighted by Gasteiger charge is 2.24. The number of ether oxygens (including phenoxy) is 1. The molecule has 0 bridgehead atoms. The number of nitro groups is 1. The number of esters is 1. The number of carbonyl (C=O) groups is 1. The predicted octanol–water partition coefficient (Wildman–Crippen LogP) is 2.70. The molecule has 0 spiro atoms. The second kappa shape index (κ2) is 6.10. The molecule has 0 saturated carbocycles. The van der Waals surface area contributed by atoms with E-state index in [0.29, 0.717) is 15.7 Å².